The summed E-state index contributed by atoms with van der Waals surface area (Å²) >= 11 is 0. The zero-order valence-electron chi connectivity index (χ0n) is 14.7. The monoisotopic (exact) mass is 355 g/mol. The number of anilines is 2. The van der Waals surface area contributed by atoms with Gasteiger partial charge in [0.15, 0.2) is 0 Å². The Hall–Kier alpha value is -3.07. The fraction of sp³-hybridized carbons (Fsp3) is 0.353. The molecular weight excluding hydrogens is 334 g/mol. The summed E-state index contributed by atoms with van der Waals surface area (Å²) in [5.41, 5.74) is 5.65. The lowest BCUT2D eigenvalue weighted by molar-refractivity contribution is 0.0944. The van der Waals surface area contributed by atoms with Crippen LogP contribution in [-0.4, -0.2) is 40.2 Å². The van der Waals surface area contributed by atoms with E-state index in [4.69, 9.17) is 4.74 Å². The molecule has 9 heteroatoms. The molecule has 1 amide bonds. The molecule has 3 rings (SSSR count). The van der Waals surface area contributed by atoms with Crippen molar-refractivity contribution >= 4 is 24.0 Å². The Kier molecular flexibility index (Phi) is 5.69. The van der Waals surface area contributed by atoms with E-state index >= 15 is 0 Å². The van der Waals surface area contributed by atoms with Gasteiger partial charge in [0.05, 0.1) is 19.4 Å². The van der Waals surface area contributed by atoms with E-state index in [1.165, 1.54) is 5.56 Å². The predicted molar refractivity (Wildman–Crippen MR) is 98.1 cm³/mol. The van der Waals surface area contributed by atoms with Crippen molar-refractivity contribution in [2.45, 2.75) is 27.1 Å². The third-order valence-electron chi connectivity index (χ3n) is 3.63. The number of benzene rings is 1. The molecule has 9 nitrogen and oxygen atoms in total. The van der Waals surface area contributed by atoms with Crippen LogP contribution in [0.3, 0.4) is 0 Å². The molecule has 2 heterocycles. The van der Waals surface area contributed by atoms with E-state index in [-0.39, 0.29) is 5.82 Å². The van der Waals surface area contributed by atoms with Crippen LogP contribution in [0.4, 0.5) is 11.9 Å². The number of ether oxygens (including phenoxy) is 1. The lowest BCUT2D eigenvalue weighted by atomic mass is 10.1. The van der Waals surface area contributed by atoms with Gasteiger partial charge in [0.1, 0.15) is 0 Å². The summed E-state index contributed by atoms with van der Waals surface area (Å²) in [5.74, 6) is 0.162. The van der Waals surface area contributed by atoms with Gasteiger partial charge in [-0.25, -0.2) is 5.43 Å². The quantitative estimate of drug-likeness (QED) is 0.510. The molecule has 3 N–H and O–H groups in total. The van der Waals surface area contributed by atoms with Crippen LogP contribution in [0, 0.1) is 0 Å². The van der Waals surface area contributed by atoms with E-state index in [0.717, 1.165) is 11.1 Å². The minimum atomic E-state index is -0.508. The Morgan fingerprint density at radius 3 is 2.50 bits per heavy atom. The molecule has 1 aliphatic rings. The second kappa shape index (κ2) is 8.34. The van der Waals surface area contributed by atoms with Crippen molar-refractivity contribution in [2.75, 3.05) is 23.7 Å². The highest BCUT2D eigenvalue weighted by molar-refractivity contribution is 5.92. The zero-order chi connectivity index (χ0) is 18.4. The van der Waals surface area contributed by atoms with Crippen LogP contribution in [0.5, 0.6) is 0 Å². The Morgan fingerprint density at radius 1 is 1.12 bits per heavy atom. The number of carbonyl (C=O) groups excluding carboxylic acids is 1. The van der Waals surface area contributed by atoms with Gasteiger partial charge in [0, 0.05) is 13.1 Å². The minimum Gasteiger partial charge on any atom is -0.372 e. The summed E-state index contributed by atoms with van der Waals surface area (Å²) < 4.78 is 5.38. The maximum absolute atomic E-state index is 12.3. The number of amides is 1. The van der Waals surface area contributed by atoms with Crippen LogP contribution in [0.1, 0.15) is 41.2 Å². The average Bonchev–Trinajstić information content (AvgIpc) is 3.10. The number of carbonyl (C=O) groups is 1. The summed E-state index contributed by atoms with van der Waals surface area (Å²) in [6.45, 7) is 6.36. The Bertz CT molecular complexity index is 799. The molecule has 0 saturated carbocycles. The van der Waals surface area contributed by atoms with Crippen molar-refractivity contribution in [1.29, 1.82) is 0 Å². The van der Waals surface area contributed by atoms with Crippen LogP contribution in [0.25, 0.3) is 0 Å². The molecule has 0 radical (unpaired) electrons. The molecule has 26 heavy (non-hydrogen) atoms. The molecule has 0 spiro atoms. The Labute approximate surface area is 151 Å². The van der Waals surface area contributed by atoms with E-state index in [1.807, 2.05) is 32.0 Å². The second-order valence-corrected chi connectivity index (χ2v) is 5.59. The molecule has 0 saturated heterocycles. The zero-order valence-corrected chi connectivity index (χ0v) is 14.7. The summed E-state index contributed by atoms with van der Waals surface area (Å²) in [6, 6.07) is 5.93. The molecule has 0 atom stereocenters. The number of rotatable bonds is 7. The topological polar surface area (TPSA) is 113 Å². The first kappa shape index (κ1) is 17.7. The van der Waals surface area contributed by atoms with E-state index < -0.39 is 5.91 Å². The maximum atomic E-state index is 12.3. The van der Waals surface area contributed by atoms with Crippen LogP contribution in [0.15, 0.2) is 23.3 Å². The van der Waals surface area contributed by atoms with Gasteiger partial charge in [0.25, 0.3) is 0 Å². The molecule has 1 aromatic heterocycles. The van der Waals surface area contributed by atoms with Crippen LogP contribution in [0.2, 0.25) is 0 Å². The third kappa shape index (κ3) is 4.31. The summed E-state index contributed by atoms with van der Waals surface area (Å²) in [4.78, 5) is 24.7. The summed E-state index contributed by atoms with van der Waals surface area (Å²) in [6.07, 6.45) is 1.58. The number of nitrogens with one attached hydrogen (secondary N) is 3. The number of aromatic nitrogens is 3. The van der Waals surface area contributed by atoms with Crippen LogP contribution < -0.4 is 16.1 Å². The molecule has 1 aromatic carbocycles. The minimum absolute atomic E-state index is 0.00796. The molecule has 2 aromatic rings. The Balaban J connectivity index is 1.69. The van der Waals surface area contributed by atoms with E-state index in [2.05, 4.69) is 36.1 Å². The Morgan fingerprint density at radius 2 is 1.81 bits per heavy atom. The number of hydrogen-bond acceptors (Lipinski definition) is 8. The van der Waals surface area contributed by atoms with Crippen molar-refractivity contribution in [3.8, 4) is 0 Å². The van der Waals surface area contributed by atoms with E-state index in [9.17, 15) is 4.79 Å². The smallest absolute Gasteiger partial charge is 0.309 e. The fourth-order valence-electron chi connectivity index (χ4n) is 2.44. The molecule has 0 bridgehead atoms. The number of fused-ring (bicyclic) bond motifs is 1. The largest absolute Gasteiger partial charge is 0.372 e. The first-order valence-electron chi connectivity index (χ1n) is 8.46. The third-order valence-corrected chi connectivity index (χ3v) is 3.63. The van der Waals surface area contributed by atoms with Crippen LogP contribution in [-0.2, 0) is 18.0 Å². The second-order valence-electron chi connectivity index (χ2n) is 5.59. The van der Waals surface area contributed by atoms with Gasteiger partial charge in [-0.05, 0) is 36.6 Å². The van der Waals surface area contributed by atoms with Gasteiger partial charge >= 0.3 is 5.91 Å². The first-order chi connectivity index (χ1) is 12.7. The van der Waals surface area contributed by atoms with Gasteiger partial charge in [-0.3, -0.25) is 4.79 Å². The van der Waals surface area contributed by atoms with Crippen molar-refractivity contribution < 1.29 is 9.53 Å². The lowest BCUT2D eigenvalue weighted by Crippen LogP contribution is -2.22. The highest BCUT2D eigenvalue weighted by atomic mass is 16.5. The molecular formula is C17H21N7O2. The molecule has 0 fully saturated rings. The van der Waals surface area contributed by atoms with Crippen molar-refractivity contribution in [2.24, 2.45) is 5.10 Å². The van der Waals surface area contributed by atoms with Gasteiger partial charge in [0.2, 0.25) is 17.7 Å². The molecule has 0 aliphatic carbocycles. The molecule has 136 valence electrons. The van der Waals surface area contributed by atoms with Crippen molar-refractivity contribution in [1.82, 2.24) is 20.4 Å². The van der Waals surface area contributed by atoms with E-state index in [0.29, 0.717) is 38.2 Å². The average molecular weight is 355 g/mol. The van der Waals surface area contributed by atoms with Gasteiger partial charge < -0.3 is 15.4 Å². The number of nitrogens with zero attached hydrogens (tertiary/aromatic N) is 4. The van der Waals surface area contributed by atoms with Crippen molar-refractivity contribution in [3.63, 3.8) is 0 Å². The predicted octanol–water partition coefficient (Wildman–Crippen LogP) is 1.53. The van der Waals surface area contributed by atoms with Gasteiger partial charge in [-0.2, -0.15) is 20.1 Å². The van der Waals surface area contributed by atoms with Crippen molar-refractivity contribution in [3.05, 3.63) is 40.7 Å². The fourth-order valence-corrected chi connectivity index (χ4v) is 2.44. The molecule has 1 aliphatic heterocycles. The number of hydrogen-bond donors (Lipinski definition) is 3. The van der Waals surface area contributed by atoms with Crippen LogP contribution >= 0.6 is 0 Å². The maximum Gasteiger partial charge on any atom is 0.309 e. The normalized spacial score (nSPS) is 12.8. The summed E-state index contributed by atoms with van der Waals surface area (Å²) in [5, 5.41) is 9.94. The highest BCUT2D eigenvalue weighted by Gasteiger charge is 2.13. The SMILES string of the molecule is CCNc1nc(NCC)nc(C(=O)N/N=C/c2ccc3c(c2)COC3)n1. The lowest BCUT2D eigenvalue weighted by Gasteiger charge is -2.07. The van der Waals surface area contributed by atoms with Gasteiger partial charge in [-0.1, -0.05) is 12.1 Å². The van der Waals surface area contributed by atoms with E-state index in [1.54, 1.807) is 6.21 Å². The van der Waals surface area contributed by atoms with Gasteiger partial charge in [-0.15, -0.1) is 0 Å². The first-order valence-corrected chi connectivity index (χ1v) is 8.46. The molecule has 0 unspecified atom stereocenters. The number of hydrazone groups is 1. The summed E-state index contributed by atoms with van der Waals surface area (Å²) in [7, 11) is 0. The highest BCUT2D eigenvalue weighted by Crippen LogP contribution is 2.20. The standard InChI is InChI=1S/C17H21N7O2/c1-3-18-16-21-14(22-17(23-16)19-4-2)15(25)24-20-8-11-5-6-12-9-26-10-13(12)7-11/h5-8H,3-4,9-10H2,1-2H3,(H,24,25)(H2,18,19,21,22,23)/b20-8+.